The van der Waals surface area contributed by atoms with Crippen molar-refractivity contribution in [2.75, 3.05) is 5.75 Å². The molecule has 0 aliphatic carbocycles. The maximum Gasteiger partial charge on any atom is 0.313 e. The lowest BCUT2D eigenvalue weighted by Crippen LogP contribution is -2.15. The molecule has 17 heavy (non-hydrogen) atoms. The Bertz CT molecular complexity index is 443. The third kappa shape index (κ3) is 5.04. The Balaban J connectivity index is 2.79. The van der Waals surface area contributed by atoms with Gasteiger partial charge >= 0.3 is 5.97 Å². The van der Waals surface area contributed by atoms with Crippen LogP contribution in [0.2, 0.25) is 0 Å². The zero-order valence-corrected chi connectivity index (χ0v) is 10.7. The van der Waals surface area contributed by atoms with Crippen LogP contribution in [0.5, 0.6) is 0 Å². The summed E-state index contributed by atoms with van der Waals surface area (Å²) in [4.78, 5) is 25.5. The van der Waals surface area contributed by atoms with Gasteiger partial charge in [-0.15, -0.1) is 0 Å². The maximum absolute atomic E-state index is 11.1. The Morgan fingerprint density at radius 3 is 2.88 bits per heavy atom. The largest absolute Gasteiger partial charge is 0.481 e. The van der Waals surface area contributed by atoms with Gasteiger partial charge in [0.05, 0.1) is 5.75 Å². The topological polar surface area (TPSA) is 72.2 Å². The first kappa shape index (κ1) is 13.8. The smallest absolute Gasteiger partial charge is 0.313 e. The molecule has 0 spiro atoms. The molecule has 1 aromatic heterocycles. The molecule has 0 amide bonds. The van der Waals surface area contributed by atoms with Gasteiger partial charge in [0.1, 0.15) is 0 Å². The van der Waals surface area contributed by atoms with Gasteiger partial charge in [0.25, 0.3) is 5.56 Å². The Labute approximate surface area is 104 Å². The van der Waals surface area contributed by atoms with Crippen LogP contribution in [0.1, 0.15) is 20.3 Å². The highest BCUT2D eigenvalue weighted by molar-refractivity contribution is 7.99. The molecule has 0 unspecified atom stereocenters. The number of carbonyl (C=O) groups is 1. The number of aryl methyl sites for hydroxylation is 1. The van der Waals surface area contributed by atoms with E-state index in [0.717, 1.165) is 24.7 Å². The number of hydrogen-bond acceptors (Lipinski definition) is 4. The fraction of sp³-hybridized carbons (Fsp3) is 0.545. The third-order valence-corrected chi connectivity index (χ3v) is 3.10. The number of rotatable bonds is 6. The van der Waals surface area contributed by atoms with Crippen molar-refractivity contribution in [1.82, 2.24) is 9.55 Å². The molecule has 1 heterocycles. The van der Waals surface area contributed by atoms with Gasteiger partial charge in [-0.25, -0.2) is 0 Å². The highest BCUT2D eigenvalue weighted by Gasteiger charge is 2.07. The molecule has 0 atom stereocenters. The van der Waals surface area contributed by atoms with E-state index in [4.69, 9.17) is 5.11 Å². The number of nitrogens with zero attached hydrogens (tertiary/aromatic N) is 2. The minimum atomic E-state index is -0.913. The van der Waals surface area contributed by atoms with Crippen LogP contribution in [0.3, 0.4) is 0 Å². The Kier molecular flexibility index (Phi) is 5.21. The van der Waals surface area contributed by atoms with Gasteiger partial charge in [-0.3, -0.25) is 9.59 Å². The summed E-state index contributed by atoms with van der Waals surface area (Å²) in [5.74, 6) is -0.451. The molecule has 0 aliphatic rings. The SMILES string of the molecule is CC(C)CCn1ccc(=O)nc1SCC(=O)O. The number of hydrogen-bond donors (Lipinski definition) is 1. The lowest BCUT2D eigenvalue weighted by atomic mass is 10.1. The monoisotopic (exact) mass is 256 g/mol. The van der Waals surface area contributed by atoms with E-state index in [1.165, 1.54) is 6.07 Å². The van der Waals surface area contributed by atoms with Crippen molar-refractivity contribution < 1.29 is 9.90 Å². The lowest BCUT2D eigenvalue weighted by Gasteiger charge is -2.12. The quantitative estimate of drug-likeness (QED) is 0.616. The molecule has 1 rings (SSSR count). The molecule has 0 aromatic carbocycles. The molecule has 6 heteroatoms. The molecule has 1 N–H and O–H groups in total. The van der Waals surface area contributed by atoms with Crippen LogP contribution in [0.4, 0.5) is 0 Å². The number of carboxylic acid groups (broad SMARTS) is 1. The highest BCUT2D eigenvalue weighted by Crippen LogP contribution is 2.14. The minimum Gasteiger partial charge on any atom is -0.481 e. The molecule has 0 bridgehead atoms. The molecular formula is C11H16N2O3S. The number of aromatic nitrogens is 2. The van der Waals surface area contributed by atoms with Crippen molar-refractivity contribution in [3.8, 4) is 0 Å². The second-order valence-corrected chi connectivity index (χ2v) is 5.05. The van der Waals surface area contributed by atoms with Crippen molar-refractivity contribution in [1.29, 1.82) is 0 Å². The van der Waals surface area contributed by atoms with Gasteiger partial charge in [-0.1, -0.05) is 25.6 Å². The average Bonchev–Trinajstić information content (AvgIpc) is 2.24. The van der Waals surface area contributed by atoms with Gasteiger partial charge in [-0.05, 0) is 12.3 Å². The molecule has 94 valence electrons. The van der Waals surface area contributed by atoms with Crippen LogP contribution < -0.4 is 5.56 Å². The number of thioether (sulfide) groups is 1. The van der Waals surface area contributed by atoms with Crippen LogP contribution in [-0.4, -0.2) is 26.4 Å². The Hall–Kier alpha value is -1.30. The summed E-state index contributed by atoms with van der Waals surface area (Å²) < 4.78 is 1.83. The van der Waals surface area contributed by atoms with E-state index in [9.17, 15) is 9.59 Å². The van der Waals surface area contributed by atoms with Crippen molar-refractivity contribution in [3.05, 3.63) is 22.6 Å². The van der Waals surface area contributed by atoms with E-state index in [-0.39, 0.29) is 11.3 Å². The van der Waals surface area contributed by atoms with E-state index in [1.54, 1.807) is 6.20 Å². The maximum atomic E-state index is 11.1. The van der Waals surface area contributed by atoms with Crippen LogP contribution >= 0.6 is 11.8 Å². The summed E-state index contributed by atoms with van der Waals surface area (Å²) in [6, 6.07) is 1.39. The second-order valence-electron chi connectivity index (χ2n) is 4.11. The van der Waals surface area contributed by atoms with Gasteiger partial charge in [0.2, 0.25) is 0 Å². The summed E-state index contributed by atoms with van der Waals surface area (Å²) in [6.45, 7) is 4.97. The normalized spacial score (nSPS) is 10.8. The van der Waals surface area contributed by atoms with Crippen molar-refractivity contribution in [2.24, 2.45) is 5.92 Å². The van der Waals surface area contributed by atoms with Crippen molar-refractivity contribution in [2.45, 2.75) is 32.0 Å². The van der Waals surface area contributed by atoms with Crippen molar-refractivity contribution in [3.63, 3.8) is 0 Å². The molecule has 1 aromatic rings. The predicted octanol–water partition coefficient (Wildman–Crippen LogP) is 1.47. The first-order chi connectivity index (χ1) is 7.99. The molecule has 0 radical (unpaired) electrons. The predicted molar refractivity (Wildman–Crippen MR) is 66.3 cm³/mol. The second kappa shape index (κ2) is 6.44. The summed E-state index contributed by atoms with van der Waals surface area (Å²) in [7, 11) is 0. The summed E-state index contributed by atoms with van der Waals surface area (Å²) >= 11 is 1.07. The summed E-state index contributed by atoms with van der Waals surface area (Å²) in [6.07, 6.45) is 2.63. The summed E-state index contributed by atoms with van der Waals surface area (Å²) in [5.41, 5.74) is -0.335. The molecule has 0 fully saturated rings. The number of aliphatic carboxylic acids is 1. The summed E-state index contributed by atoms with van der Waals surface area (Å²) in [5, 5.41) is 9.09. The van der Waals surface area contributed by atoms with Gasteiger partial charge < -0.3 is 9.67 Å². The number of carboxylic acids is 1. The van der Waals surface area contributed by atoms with Crippen LogP contribution in [0.25, 0.3) is 0 Å². The van der Waals surface area contributed by atoms with Crippen molar-refractivity contribution >= 4 is 17.7 Å². The fourth-order valence-electron chi connectivity index (χ4n) is 1.22. The lowest BCUT2D eigenvalue weighted by molar-refractivity contribution is -0.133. The Morgan fingerprint density at radius 2 is 2.29 bits per heavy atom. The molecule has 5 nitrogen and oxygen atoms in total. The van der Waals surface area contributed by atoms with Crippen LogP contribution in [0.15, 0.2) is 22.2 Å². The van der Waals surface area contributed by atoms with E-state index in [0.29, 0.717) is 11.1 Å². The van der Waals surface area contributed by atoms with Crippen LogP contribution in [-0.2, 0) is 11.3 Å². The molecule has 0 saturated carbocycles. The standard InChI is InChI=1S/C11H16N2O3S/c1-8(2)3-5-13-6-4-9(14)12-11(13)17-7-10(15)16/h4,6,8H,3,5,7H2,1-2H3,(H,15,16). The zero-order valence-electron chi connectivity index (χ0n) is 9.92. The van der Waals surface area contributed by atoms with E-state index < -0.39 is 5.97 Å². The minimum absolute atomic E-state index is 0.0852. The first-order valence-electron chi connectivity index (χ1n) is 5.41. The fourth-order valence-corrected chi connectivity index (χ4v) is 1.95. The molecule has 0 saturated heterocycles. The van der Waals surface area contributed by atoms with Gasteiger partial charge in [0.15, 0.2) is 5.16 Å². The van der Waals surface area contributed by atoms with Gasteiger partial charge in [-0.2, -0.15) is 4.98 Å². The molecular weight excluding hydrogens is 240 g/mol. The van der Waals surface area contributed by atoms with Gasteiger partial charge in [0, 0.05) is 18.8 Å². The van der Waals surface area contributed by atoms with E-state index in [1.807, 2.05) is 4.57 Å². The Morgan fingerprint density at radius 1 is 1.59 bits per heavy atom. The van der Waals surface area contributed by atoms with E-state index in [2.05, 4.69) is 18.8 Å². The highest BCUT2D eigenvalue weighted by atomic mass is 32.2. The average molecular weight is 256 g/mol. The first-order valence-corrected chi connectivity index (χ1v) is 6.39. The zero-order chi connectivity index (χ0) is 12.8. The third-order valence-electron chi connectivity index (χ3n) is 2.12. The van der Waals surface area contributed by atoms with Crippen LogP contribution in [0, 0.1) is 5.92 Å². The van der Waals surface area contributed by atoms with E-state index >= 15 is 0 Å². The molecule has 0 aliphatic heterocycles.